The zero-order valence-corrected chi connectivity index (χ0v) is 16.7. The lowest BCUT2D eigenvalue weighted by atomic mass is 10.1. The number of nitrogens with one attached hydrogen (secondary N) is 1. The van der Waals surface area contributed by atoms with E-state index >= 15 is 0 Å². The average molecular weight is 397 g/mol. The lowest BCUT2D eigenvalue weighted by Crippen LogP contribution is -2.51. The molecular formula is C22H27N3O4. The summed E-state index contributed by atoms with van der Waals surface area (Å²) in [5, 5.41) is 3.00. The van der Waals surface area contributed by atoms with Crippen molar-refractivity contribution in [2.75, 3.05) is 46.6 Å². The van der Waals surface area contributed by atoms with E-state index in [1.165, 1.54) is 5.56 Å². The average Bonchev–Trinajstić information content (AvgIpc) is 3.24. The van der Waals surface area contributed by atoms with Crippen LogP contribution in [0.5, 0.6) is 17.2 Å². The molecule has 29 heavy (non-hydrogen) atoms. The van der Waals surface area contributed by atoms with Crippen molar-refractivity contribution in [3.8, 4) is 17.2 Å². The fourth-order valence-electron chi connectivity index (χ4n) is 3.63. The molecule has 0 aliphatic carbocycles. The number of urea groups is 1. The molecule has 2 amide bonds. The van der Waals surface area contributed by atoms with Crippen molar-refractivity contribution >= 4 is 6.03 Å². The largest absolute Gasteiger partial charge is 0.497 e. The fraction of sp³-hybridized carbons (Fsp3) is 0.409. The van der Waals surface area contributed by atoms with Crippen molar-refractivity contribution in [3.63, 3.8) is 0 Å². The molecule has 7 nitrogen and oxygen atoms in total. The van der Waals surface area contributed by atoms with Crippen LogP contribution in [0.1, 0.15) is 11.1 Å². The Bertz CT molecular complexity index is 850. The second-order valence-electron chi connectivity index (χ2n) is 7.28. The van der Waals surface area contributed by atoms with Gasteiger partial charge in [-0.2, -0.15) is 0 Å². The first-order chi connectivity index (χ1) is 14.2. The maximum atomic E-state index is 12.5. The number of ether oxygens (including phenoxy) is 3. The van der Waals surface area contributed by atoms with Crippen LogP contribution in [-0.2, 0) is 13.0 Å². The van der Waals surface area contributed by atoms with E-state index in [9.17, 15) is 4.79 Å². The van der Waals surface area contributed by atoms with Gasteiger partial charge >= 0.3 is 6.03 Å². The minimum Gasteiger partial charge on any atom is -0.497 e. The molecular weight excluding hydrogens is 370 g/mol. The summed E-state index contributed by atoms with van der Waals surface area (Å²) in [6.45, 7) is 4.98. The van der Waals surface area contributed by atoms with Crippen molar-refractivity contribution in [1.82, 2.24) is 15.1 Å². The molecule has 4 rings (SSSR count). The van der Waals surface area contributed by atoms with E-state index in [1.807, 2.05) is 35.2 Å². The van der Waals surface area contributed by atoms with E-state index in [2.05, 4.69) is 22.3 Å². The first kappa shape index (κ1) is 19.4. The van der Waals surface area contributed by atoms with Crippen LogP contribution in [0, 0.1) is 0 Å². The highest BCUT2D eigenvalue weighted by Gasteiger charge is 2.21. The molecule has 2 aliphatic rings. The molecule has 0 unspecified atom stereocenters. The first-order valence-corrected chi connectivity index (χ1v) is 9.98. The van der Waals surface area contributed by atoms with Crippen LogP contribution in [0.4, 0.5) is 4.79 Å². The maximum absolute atomic E-state index is 12.5. The maximum Gasteiger partial charge on any atom is 0.317 e. The van der Waals surface area contributed by atoms with E-state index in [1.54, 1.807) is 7.11 Å². The summed E-state index contributed by atoms with van der Waals surface area (Å²) >= 11 is 0. The number of fused-ring (bicyclic) bond motifs is 1. The van der Waals surface area contributed by atoms with Gasteiger partial charge in [-0.05, 0) is 41.8 Å². The highest BCUT2D eigenvalue weighted by Crippen LogP contribution is 2.32. The predicted molar refractivity (Wildman–Crippen MR) is 110 cm³/mol. The van der Waals surface area contributed by atoms with Crippen LogP contribution in [-0.4, -0.2) is 62.5 Å². The Balaban J connectivity index is 1.19. The Morgan fingerprint density at radius 1 is 1.03 bits per heavy atom. The van der Waals surface area contributed by atoms with Gasteiger partial charge in [-0.1, -0.05) is 18.2 Å². The number of amides is 2. The van der Waals surface area contributed by atoms with Crippen molar-refractivity contribution in [3.05, 3.63) is 53.6 Å². The van der Waals surface area contributed by atoms with Gasteiger partial charge < -0.3 is 24.4 Å². The summed E-state index contributed by atoms with van der Waals surface area (Å²) in [7, 11) is 1.69. The van der Waals surface area contributed by atoms with E-state index in [0.717, 1.165) is 62.0 Å². The first-order valence-electron chi connectivity index (χ1n) is 9.98. The number of benzene rings is 2. The van der Waals surface area contributed by atoms with Gasteiger partial charge in [0.25, 0.3) is 0 Å². The minimum atomic E-state index is -0.0184. The summed E-state index contributed by atoms with van der Waals surface area (Å²) in [6.07, 6.45) is 0.980. The van der Waals surface area contributed by atoms with Crippen molar-refractivity contribution in [1.29, 1.82) is 0 Å². The van der Waals surface area contributed by atoms with Crippen LogP contribution in [0.15, 0.2) is 42.5 Å². The molecule has 2 aromatic carbocycles. The van der Waals surface area contributed by atoms with Gasteiger partial charge in [0.2, 0.25) is 6.79 Å². The third-order valence-electron chi connectivity index (χ3n) is 5.39. The molecule has 2 aromatic rings. The zero-order chi connectivity index (χ0) is 20.1. The quantitative estimate of drug-likeness (QED) is 0.812. The minimum absolute atomic E-state index is 0.0184. The number of carbonyl (C=O) groups is 1. The summed E-state index contributed by atoms with van der Waals surface area (Å²) < 4.78 is 16.0. The van der Waals surface area contributed by atoms with E-state index in [0.29, 0.717) is 6.54 Å². The van der Waals surface area contributed by atoms with Crippen LogP contribution < -0.4 is 19.5 Å². The van der Waals surface area contributed by atoms with Crippen LogP contribution >= 0.6 is 0 Å². The molecule has 154 valence electrons. The number of methoxy groups -OCH3 is 1. The van der Waals surface area contributed by atoms with Gasteiger partial charge in [0.1, 0.15) is 5.75 Å². The third kappa shape index (κ3) is 4.92. The molecule has 0 bridgehead atoms. The number of nitrogens with zero attached hydrogens (tertiary/aromatic N) is 2. The van der Waals surface area contributed by atoms with Gasteiger partial charge in [-0.3, -0.25) is 4.90 Å². The Morgan fingerprint density at radius 3 is 2.69 bits per heavy atom. The monoisotopic (exact) mass is 397 g/mol. The Labute approximate surface area is 171 Å². The van der Waals surface area contributed by atoms with E-state index < -0.39 is 0 Å². The molecule has 7 heteroatoms. The Morgan fingerprint density at radius 2 is 1.86 bits per heavy atom. The van der Waals surface area contributed by atoms with Gasteiger partial charge in [0.05, 0.1) is 7.11 Å². The summed E-state index contributed by atoms with van der Waals surface area (Å²) in [5.41, 5.74) is 2.27. The van der Waals surface area contributed by atoms with Crippen molar-refractivity contribution in [2.45, 2.75) is 13.0 Å². The lowest BCUT2D eigenvalue weighted by Gasteiger charge is -2.34. The molecule has 2 aliphatic heterocycles. The summed E-state index contributed by atoms with van der Waals surface area (Å²) in [5.74, 6) is 2.39. The number of hydrogen-bond donors (Lipinski definition) is 1. The van der Waals surface area contributed by atoms with E-state index in [-0.39, 0.29) is 12.8 Å². The highest BCUT2D eigenvalue weighted by molar-refractivity contribution is 5.74. The Kier molecular flexibility index (Phi) is 6.05. The van der Waals surface area contributed by atoms with Gasteiger partial charge in [-0.25, -0.2) is 4.79 Å². The standard InChI is InChI=1S/C22H27N3O4/c1-27-19-4-2-3-17(13-19)7-8-24-9-11-25(12-10-24)22(26)23-15-18-5-6-20-21(14-18)29-16-28-20/h2-6,13-14H,7-12,15-16H2,1H3,(H,23,26). The zero-order valence-electron chi connectivity index (χ0n) is 16.7. The Hall–Kier alpha value is -2.93. The predicted octanol–water partition coefficient (Wildman–Crippen LogP) is 2.49. The van der Waals surface area contributed by atoms with Gasteiger partial charge in [-0.15, -0.1) is 0 Å². The normalized spacial score (nSPS) is 16.0. The fourth-order valence-corrected chi connectivity index (χ4v) is 3.63. The number of piperazine rings is 1. The smallest absolute Gasteiger partial charge is 0.317 e. The van der Waals surface area contributed by atoms with E-state index in [4.69, 9.17) is 14.2 Å². The molecule has 0 radical (unpaired) electrons. The third-order valence-corrected chi connectivity index (χ3v) is 5.39. The van der Waals surface area contributed by atoms with Crippen molar-refractivity contribution < 1.29 is 19.0 Å². The molecule has 1 saturated heterocycles. The summed E-state index contributed by atoms with van der Waals surface area (Å²) in [4.78, 5) is 16.8. The molecule has 2 heterocycles. The topological polar surface area (TPSA) is 63.3 Å². The SMILES string of the molecule is COc1cccc(CCN2CCN(C(=O)NCc3ccc4c(c3)OCO4)CC2)c1. The van der Waals surface area contributed by atoms with Gasteiger partial charge in [0.15, 0.2) is 11.5 Å². The lowest BCUT2D eigenvalue weighted by molar-refractivity contribution is 0.140. The number of hydrogen-bond acceptors (Lipinski definition) is 5. The molecule has 0 spiro atoms. The number of carbonyl (C=O) groups excluding carboxylic acids is 1. The molecule has 1 fully saturated rings. The summed E-state index contributed by atoms with van der Waals surface area (Å²) in [6, 6.07) is 13.9. The van der Waals surface area contributed by atoms with Crippen LogP contribution in [0.3, 0.4) is 0 Å². The molecule has 0 aromatic heterocycles. The van der Waals surface area contributed by atoms with Gasteiger partial charge in [0, 0.05) is 39.3 Å². The second-order valence-corrected chi connectivity index (χ2v) is 7.28. The molecule has 0 saturated carbocycles. The van der Waals surface area contributed by atoms with Crippen LogP contribution in [0.2, 0.25) is 0 Å². The number of rotatable bonds is 6. The molecule has 1 N–H and O–H groups in total. The van der Waals surface area contributed by atoms with Crippen LogP contribution in [0.25, 0.3) is 0 Å². The second kappa shape index (κ2) is 9.05. The highest BCUT2D eigenvalue weighted by atomic mass is 16.7. The van der Waals surface area contributed by atoms with Crippen molar-refractivity contribution in [2.24, 2.45) is 0 Å². The molecule has 0 atom stereocenters.